The van der Waals surface area contributed by atoms with E-state index in [1.54, 1.807) is 12.4 Å². The molecule has 35 heavy (non-hydrogen) atoms. The molecule has 2 aliphatic rings. The molecule has 0 aliphatic carbocycles. The zero-order valence-corrected chi connectivity index (χ0v) is 19.7. The highest BCUT2D eigenvalue weighted by Gasteiger charge is 2.22. The number of nitrogens with one attached hydrogen (secondary N) is 1. The molecule has 3 heterocycles. The molecule has 0 bridgehead atoms. The Kier molecular flexibility index (Phi) is 6.68. The predicted molar refractivity (Wildman–Crippen MR) is 135 cm³/mol. The molecule has 7 heteroatoms. The highest BCUT2D eigenvalue weighted by atomic mass is 16.5. The number of rotatable bonds is 6. The van der Waals surface area contributed by atoms with Crippen LogP contribution in [0.2, 0.25) is 0 Å². The number of fused-ring (bicyclic) bond motifs is 1. The van der Waals surface area contributed by atoms with E-state index in [0.717, 1.165) is 35.5 Å². The number of hydrogen-bond acceptors (Lipinski definition) is 6. The van der Waals surface area contributed by atoms with Gasteiger partial charge in [0.05, 0.1) is 19.8 Å². The van der Waals surface area contributed by atoms with Gasteiger partial charge < -0.3 is 15.0 Å². The standard InChI is InChI=1S/C28H28N4O3/c1-19(20-8-10-29-11-9-20)16-26(33)22-2-3-23-18-30-27(25(23)17-22)31-28(34)21-4-6-24(7-5-21)32-12-14-35-15-13-32/h2-11,17,19H,12-16,18H2,1H3,(H,30,31,34). The first-order valence-corrected chi connectivity index (χ1v) is 11.9. The summed E-state index contributed by atoms with van der Waals surface area (Å²) in [6, 6.07) is 17.1. The first kappa shape index (κ1) is 22.9. The molecule has 1 aromatic heterocycles. The Morgan fingerprint density at radius 3 is 2.46 bits per heavy atom. The number of carbonyl (C=O) groups excluding carboxylic acids is 2. The number of nitrogens with zero attached hydrogens (tertiary/aromatic N) is 3. The molecule has 1 atom stereocenters. The Hall–Kier alpha value is -3.84. The summed E-state index contributed by atoms with van der Waals surface area (Å²) in [5, 5.41) is 2.94. The van der Waals surface area contributed by atoms with Gasteiger partial charge in [0.25, 0.3) is 5.91 Å². The SMILES string of the molecule is CC(CC(=O)c1ccc2c(c1)C(NC(=O)c1ccc(N3CCOCC3)cc1)=NC2)c1ccncc1. The Morgan fingerprint density at radius 2 is 1.71 bits per heavy atom. The molecule has 178 valence electrons. The summed E-state index contributed by atoms with van der Waals surface area (Å²) in [5.74, 6) is 0.452. The van der Waals surface area contributed by atoms with E-state index in [2.05, 4.69) is 20.2 Å². The average molecular weight is 469 g/mol. The van der Waals surface area contributed by atoms with Crippen LogP contribution < -0.4 is 10.2 Å². The molecule has 0 saturated carbocycles. The Morgan fingerprint density at radius 1 is 1.00 bits per heavy atom. The normalized spacial score (nSPS) is 15.8. The number of amidine groups is 1. The van der Waals surface area contributed by atoms with E-state index in [1.165, 1.54) is 0 Å². The van der Waals surface area contributed by atoms with Crippen LogP contribution in [0.5, 0.6) is 0 Å². The van der Waals surface area contributed by atoms with Crippen molar-refractivity contribution >= 4 is 23.2 Å². The Labute approximate surface area is 204 Å². The van der Waals surface area contributed by atoms with Crippen LogP contribution in [-0.4, -0.2) is 48.8 Å². The van der Waals surface area contributed by atoms with Gasteiger partial charge in [-0.25, -0.2) is 0 Å². The number of ketones is 1. The van der Waals surface area contributed by atoms with Crippen molar-refractivity contribution in [1.82, 2.24) is 10.3 Å². The lowest BCUT2D eigenvalue weighted by atomic mass is 9.92. The number of pyridine rings is 1. The minimum Gasteiger partial charge on any atom is -0.378 e. The molecule has 2 aromatic carbocycles. The molecule has 1 fully saturated rings. The van der Waals surface area contributed by atoms with E-state index in [9.17, 15) is 9.59 Å². The van der Waals surface area contributed by atoms with Gasteiger partial charge in [-0.15, -0.1) is 0 Å². The van der Waals surface area contributed by atoms with Crippen molar-refractivity contribution in [2.24, 2.45) is 4.99 Å². The zero-order chi connectivity index (χ0) is 24.2. The largest absolute Gasteiger partial charge is 0.378 e. The van der Waals surface area contributed by atoms with Crippen molar-refractivity contribution in [3.05, 3.63) is 94.8 Å². The molecule has 1 unspecified atom stereocenters. The number of hydrogen-bond donors (Lipinski definition) is 1. The monoisotopic (exact) mass is 468 g/mol. The summed E-state index contributed by atoms with van der Waals surface area (Å²) in [7, 11) is 0. The van der Waals surface area contributed by atoms with Crippen LogP contribution in [0.1, 0.15) is 56.7 Å². The van der Waals surface area contributed by atoms with Crippen LogP contribution in [0, 0.1) is 0 Å². The van der Waals surface area contributed by atoms with Crippen molar-refractivity contribution in [1.29, 1.82) is 0 Å². The number of anilines is 1. The van der Waals surface area contributed by atoms with E-state index >= 15 is 0 Å². The summed E-state index contributed by atoms with van der Waals surface area (Å²) in [5.41, 5.74) is 5.17. The molecule has 3 aromatic rings. The summed E-state index contributed by atoms with van der Waals surface area (Å²) < 4.78 is 5.41. The highest BCUT2D eigenvalue weighted by molar-refractivity contribution is 6.15. The van der Waals surface area contributed by atoms with Gasteiger partial charge in [0.2, 0.25) is 0 Å². The van der Waals surface area contributed by atoms with E-state index in [-0.39, 0.29) is 17.6 Å². The van der Waals surface area contributed by atoms with Crippen LogP contribution in [0.3, 0.4) is 0 Å². The van der Waals surface area contributed by atoms with E-state index in [4.69, 9.17) is 4.74 Å². The molecule has 1 N–H and O–H groups in total. The van der Waals surface area contributed by atoms with Crippen molar-refractivity contribution < 1.29 is 14.3 Å². The van der Waals surface area contributed by atoms with Gasteiger partial charge in [0, 0.05) is 54.3 Å². The van der Waals surface area contributed by atoms with Gasteiger partial charge in [0.1, 0.15) is 5.84 Å². The second-order valence-corrected chi connectivity index (χ2v) is 8.95. The van der Waals surface area contributed by atoms with E-state index in [1.807, 2.05) is 61.5 Å². The number of ether oxygens (including phenoxy) is 1. The number of morpholine rings is 1. The van der Waals surface area contributed by atoms with Crippen molar-refractivity contribution in [3.63, 3.8) is 0 Å². The molecule has 0 radical (unpaired) electrons. The van der Waals surface area contributed by atoms with Crippen molar-refractivity contribution in [2.75, 3.05) is 31.2 Å². The smallest absolute Gasteiger partial charge is 0.256 e. The summed E-state index contributed by atoms with van der Waals surface area (Å²) in [6.07, 6.45) is 3.89. The predicted octanol–water partition coefficient (Wildman–Crippen LogP) is 3.98. The number of Topliss-reactive ketones (excluding diaryl/α,β-unsaturated/α-hetero) is 1. The van der Waals surface area contributed by atoms with Gasteiger partial charge in [-0.2, -0.15) is 0 Å². The third-order valence-corrected chi connectivity index (χ3v) is 6.60. The third-order valence-electron chi connectivity index (χ3n) is 6.60. The van der Waals surface area contributed by atoms with Gasteiger partial charge in [0.15, 0.2) is 5.78 Å². The second kappa shape index (κ2) is 10.2. The van der Waals surface area contributed by atoms with Crippen LogP contribution in [-0.2, 0) is 11.3 Å². The fraction of sp³-hybridized carbons (Fsp3) is 0.286. The van der Waals surface area contributed by atoms with Gasteiger partial charge >= 0.3 is 0 Å². The lowest BCUT2D eigenvalue weighted by Gasteiger charge is -2.28. The zero-order valence-electron chi connectivity index (χ0n) is 19.7. The summed E-state index contributed by atoms with van der Waals surface area (Å²) in [4.78, 5) is 36.7. The summed E-state index contributed by atoms with van der Waals surface area (Å²) in [6.45, 7) is 5.66. The lowest BCUT2D eigenvalue weighted by Crippen LogP contribution is -2.36. The van der Waals surface area contributed by atoms with Crippen molar-refractivity contribution in [3.8, 4) is 0 Å². The van der Waals surface area contributed by atoms with E-state index < -0.39 is 0 Å². The quantitative estimate of drug-likeness (QED) is 0.553. The van der Waals surface area contributed by atoms with Crippen LogP contribution in [0.25, 0.3) is 0 Å². The lowest BCUT2D eigenvalue weighted by molar-refractivity contribution is 0.0969. The molecule has 0 spiro atoms. The van der Waals surface area contributed by atoms with E-state index in [0.29, 0.717) is 43.1 Å². The van der Waals surface area contributed by atoms with Crippen LogP contribution in [0.4, 0.5) is 5.69 Å². The molecular weight excluding hydrogens is 440 g/mol. The maximum atomic E-state index is 13.0. The van der Waals surface area contributed by atoms with Gasteiger partial charge in [-0.05, 0) is 59.5 Å². The maximum absolute atomic E-state index is 13.0. The number of amides is 1. The molecular formula is C28H28N4O3. The molecule has 5 rings (SSSR count). The first-order valence-electron chi connectivity index (χ1n) is 11.9. The number of benzene rings is 2. The minimum atomic E-state index is -0.215. The number of aliphatic imine (C=N–C) groups is 1. The highest BCUT2D eigenvalue weighted by Crippen LogP contribution is 2.24. The number of aromatic nitrogens is 1. The van der Waals surface area contributed by atoms with Gasteiger partial charge in [-0.3, -0.25) is 19.6 Å². The summed E-state index contributed by atoms with van der Waals surface area (Å²) >= 11 is 0. The Balaban J connectivity index is 1.25. The topological polar surface area (TPSA) is 83.9 Å². The molecule has 1 saturated heterocycles. The maximum Gasteiger partial charge on any atom is 0.256 e. The van der Waals surface area contributed by atoms with Crippen LogP contribution in [0.15, 0.2) is 72.0 Å². The first-order chi connectivity index (χ1) is 17.1. The Bertz CT molecular complexity index is 1250. The molecule has 2 aliphatic heterocycles. The second-order valence-electron chi connectivity index (χ2n) is 8.95. The van der Waals surface area contributed by atoms with Crippen LogP contribution >= 0.6 is 0 Å². The average Bonchev–Trinajstić information content (AvgIpc) is 3.31. The van der Waals surface area contributed by atoms with Crippen molar-refractivity contribution in [2.45, 2.75) is 25.8 Å². The third kappa shape index (κ3) is 5.15. The molecule has 1 amide bonds. The number of carbonyl (C=O) groups is 2. The molecule has 7 nitrogen and oxygen atoms in total. The fourth-order valence-corrected chi connectivity index (χ4v) is 4.50. The minimum absolute atomic E-state index is 0.0633. The van der Waals surface area contributed by atoms with Gasteiger partial charge in [-0.1, -0.05) is 19.1 Å². The fourth-order valence-electron chi connectivity index (χ4n) is 4.50.